The molecule has 1 aromatic rings. The second-order valence-corrected chi connectivity index (χ2v) is 4.38. The van der Waals surface area contributed by atoms with Crippen LogP contribution in [0.5, 0.6) is 0 Å². The van der Waals surface area contributed by atoms with Crippen LogP contribution in [0.4, 0.5) is 0 Å². The van der Waals surface area contributed by atoms with E-state index in [1.54, 1.807) is 0 Å². The summed E-state index contributed by atoms with van der Waals surface area (Å²) in [5.41, 5.74) is 5.71. The van der Waals surface area contributed by atoms with E-state index in [2.05, 4.69) is 15.3 Å². The number of rotatable bonds is 2. The molecule has 0 bridgehead atoms. The summed E-state index contributed by atoms with van der Waals surface area (Å²) in [6, 6.07) is 0.422. The van der Waals surface area contributed by atoms with Crippen molar-refractivity contribution in [3.63, 3.8) is 0 Å². The molecule has 0 atom stereocenters. The lowest BCUT2D eigenvalue weighted by Gasteiger charge is -2.26. The number of nitrogens with one attached hydrogen (secondary N) is 2. The first-order chi connectivity index (χ1) is 8.15. The zero-order chi connectivity index (χ0) is 12.3. The topological polar surface area (TPSA) is 101 Å². The Hall–Kier alpha value is -1.69. The van der Waals surface area contributed by atoms with Gasteiger partial charge in [-0.05, 0) is 25.7 Å². The van der Waals surface area contributed by atoms with Gasteiger partial charge in [0.05, 0.1) is 6.20 Å². The molecule has 1 aromatic heterocycles. The van der Waals surface area contributed by atoms with Crippen LogP contribution >= 0.6 is 0 Å². The number of H-pyrrole nitrogens is 1. The van der Waals surface area contributed by atoms with Crippen LogP contribution in [0, 0.1) is 0 Å². The maximum atomic E-state index is 11.8. The van der Waals surface area contributed by atoms with Gasteiger partial charge in [-0.25, -0.2) is 4.98 Å². The van der Waals surface area contributed by atoms with Gasteiger partial charge in [-0.3, -0.25) is 9.59 Å². The van der Waals surface area contributed by atoms with Gasteiger partial charge < -0.3 is 16.0 Å². The molecule has 1 amide bonds. The van der Waals surface area contributed by atoms with Crippen molar-refractivity contribution in [1.29, 1.82) is 0 Å². The van der Waals surface area contributed by atoms with Gasteiger partial charge in [0, 0.05) is 18.3 Å². The van der Waals surface area contributed by atoms with Gasteiger partial charge in [0.25, 0.3) is 11.5 Å². The van der Waals surface area contributed by atoms with Crippen molar-refractivity contribution >= 4 is 5.91 Å². The highest BCUT2D eigenvalue weighted by Gasteiger charge is 2.20. The lowest BCUT2D eigenvalue weighted by atomic mass is 9.92. The number of aromatic amines is 1. The summed E-state index contributed by atoms with van der Waals surface area (Å²) in [4.78, 5) is 28.8. The van der Waals surface area contributed by atoms with Crippen molar-refractivity contribution in [2.24, 2.45) is 5.73 Å². The van der Waals surface area contributed by atoms with Gasteiger partial charge in [-0.15, -0.1) is 0 Å². The molecule has 0 unspecified atom stereocenters. The van der Waals surface area contributed by atoms with Crippen LogP contribution < -0.4 is 16.6 Å². The van der Waals surface area contributed by atoms with Crippen LogP contribution in [0.2, 0.25) is 0 Å². The van der Waals surface area contributed by atoms with Crippen LogP contribution in [-0.2, 0) is 0 Å². The summed E-state index contributed by atoms with van der Waals surface area (Å²) in [5, 5.41) is 2.90. The minimum Gasteiger partial charge on any atom is -0.348 e. The molecule has 17 heavy (non-hydrogen) atoms. The molecule has 6 heteroatoms. The van der Waals surface area contributed by atoms with Crippen LogP contribution in [-0.4, -0.2) is 28.0 Å². The standard InChI is InChI=1S/C11H16N4O2/c12-7-1-3-8(4-2-7)15-11(17)9-5-14-10(16)6-13-9/h5-8H,1-4,12H2,(H,14,16)(H,15,17). The maximum absolute atomic E-state index is 11.8. The molecule has 0 spiro atoms. The lowest BCUT2D eigenvalue weighted by molar-refractivity contribution is 0.0920. The Balaban J connectivity index is 1.93. The molecule has 6 nitrogen and oxygen atoms in total. The smallest absolute Gasteiger partial charge is 0.271 e. The molecule has 0 aliphatic heterocycles. The Morgan fingerprint density at radius 2 is 2.12 bits per heavy atom. The number of carbonyl (C=O) groups excluding carboxylic acids is 1. The summed E-state index contributed by atoms with van der Waals surface area (Å²) in [6.45, 7) is 0. The third-order valence-electron chi connectivity index (χ3n) is 3.01. The predicted octanol–water partition coefficient (Wildman–Crippen LogP) is -0.230. The summed E-state index contributed by atoms with van der Waals surface area (Å²) in [5.74, 6) is -0.248. The number of carbonyl (C=O) groups is 1. The van der Waals surface area contributed by atoms with Crippen LogP contribution in [0.15, 0.2) is 17.2 Å². The van der Waals surface area contributed by atoms with Crippen molar-refractivity contribution < 1.29 is 4.79 Å². The Morgan fingerprint density at radius 3 is 2.71 bits per heavy atom. The molecule has 1 saturated carbocycles. The molecule has 2 rings (SSSR count). The van der Waals surface area contributed by atoms with E-state index in [1.165, 1.54) is 6.20 Å². The lowest BCUT2D eigenvalue weighted by Crippen LogP contribution is -2.40. The quantitative estimate of drug-likeness (QED) is 0.660. The van der Waals surface area contributed by atoms with Crippen molar-refractivity contribution in [1.82, 2.24) is 15.3 Å². The van der Waals surface area contributed by atoms with Gasteiger partial charge in [-0.1, -0.05) is 0 Å². The third-order valence-corrected chi connectivity index (χ3v) is 3.01. The van der Waals surface area contributed by atoms with Crippen molar-refractivity contribution in [2.45, 2.75) is 37.8 Å². The monoisotopic (exact) mass is 236 g/mol. The largest absolute Gasteiger partial charge is 0.348 e. The first-order valence-electron chi connectivity index (χ1n) is 5.76. The van der Waals surface area contributed by atoms with Gasteiger partial charge in [0.15, 0.2) is 0 Å². The Morgan fingerprint density at radius 1 is 1.41 bits per heavy atom. The highest BCUT2D eigenvalue weighted by atomic mass is 16.2. The molecule has 0 saturated heterocycles. The summed E-state index contributed by atoms with van der Waals surface area (Å²) < 4.78 is 0. The van der Waals surface area contributed by atoms with E-state index < -0.39 is 0 Å². The number of hydrogen-bond donors (Lipinski definition) is 3. The molecule has 4 N–H and O–H groups in total. The molecular weight excluding hydrogens is 220 g/mol. The number of nitrogens with zero attached hydrogens (tertiary/aromatic N) is 1. The van der Waals surface area contributed by atoms with E-state index in [0.29, 0.717) is 0 Å². The summed E-state index contributed by atoms with van der Waals surface area (Å²) in [7, 11) is 0. The van der Waals surface area contributed by atoms with E-state index >= 15 is 0 Å². The SMILES string of the molecule is NC1CCC(NC(=O)c2c[nH]c(=O)cn2)CC1. The normalized spacial score (nSPS) is 24.3. The number of hydrogen-bond acceptors (Lipinski definition) is 4. The minimum atomic E-state index is -0.315. The van der Waals surface area contributed by atoms with E-state index in [-0.39, 0.29) is 29.2 Å². The second kappa shape index (κ2) is 5.09. The zero-order valence-corrected chi connectivity index (χ0v) is 9.48. The number of amides is 1. The minimum absolute atomic E-state index is 0.163. The Bertz CT molecular complexity index is 429. The van der Waals surface area contributed by atoms with E-state index in [4.69, 9.17) is 5.73 Å². The molecule has 1 heterocycles. The maximum Gasteiger partial charge on any atom is 0.271 e. The van der Waals surface area contributed by atoms with Crippen LogP contribution in [0.1, 0.15) is 36.2 Å². The molecule has 1 aliphatic rings. The summed E-state index contributed by atoms with van der Waals surface area (Å²) >= 11 is 0. The number of aromatic nitrogens is 2. The van der Waals surface area contributed by atoms with E-state index in [0.717, 1.165) is 31.9 Å². The summed E-state index contributed by atoms with van der Waals surface area (Å²) in [6.07, 6.45) is 6.10. The van der Waals surface area contributed by atoms with Gasteiger partial charge >= 0.3 is 0 Å². The predicted molar refractivity (Wildman–Crippen MR) is 62.6 cm³/mol. The second-order valence-electron chi connectivity index (χ2n) is 4.38. The molecule has 1 aliphatic carbocycles. The molecular formula is C11H16N4O2. The van der Waals surface area contributed by atoms with Crippen LogP contribution in [0.25, 0.3) is 0 Å². The number of nitrogens with two attached hydrogens (primary N) is 1. The Kier molecular flexibility index (Phi) is 3.53. The van der Waals surface area contributed by atoms with Crippen molar-refractivity contribution in [3.05, 3.63) is 28.4 Å². The van der Waals surface area contributed by atoms with E-state index in [9.17, 15) is 9.59 Å². The van der Waals surface area contributed by atoms with Gasteiger partial charge in [-0.2, -0.15) is 0 Å². The molecule has 0 aromatic carbocycles. The molecule has 0 radical (unpaired) electrons. The highest BCUT2D eigenvalue weighted by molar-refractivity contribution is 5.92. The molecule has 92 valence electrons. The first kappa shape index (κ1) is 11.8. The molecule has 1 fully saturated rings. The zero-order valence-electron chi connectivity index (χ0n) is 9.48. The van der Waals surface area contributed by atoms with Crippen molar-refractivity contribution in [2.75, 3.05) is 0 Å². The van der Waals surface area contributed by atoms with Crippen LogP contribution in [0.3, 0.4) is 0 Å². The van der Waals surface area contributed by atoms with Gasteiger partial charge in [0.2, 0.25) is 0 Å². The average molecular weight is 236 g/mol. The fraction of sp³-hybridized carbons (Fsp3) is 0.545. The average Bonchev–Trinajstić information content (AvgIpc) is 2.33. The fourth-order valence-electron chi connectivity index (χ4n) is 1.99. The van der Waals surface area contributed by atoms with Gasteiger partial charge in [0.1, 0.15) is 5.69 Å². The fourth-order valence-corrected chi connectivity index (χ4v) is 1.99. The first-order valence-corrected chi connectivity index (χ1v) is 5.76. The highest BCUT2D eigenvalue weighted by Crippen LogP contribution is 2.17. The van der Waals surface area contributed by atoms with Crippen molar-refractivity contribution in [3.8, 4) is 0 Å². The third kappa shape index (κ3) is 3.13. The Labute approximate surface area is 98.6 Å². The van der Waals surface area contributed by atoms with E-state index in [1.807, 2.05) is 0 Å².